The maximum atomic E-state index is 12.1. The minimum absolute atomic E-state index is 0.0411. The Bertz CT molecular complexity index is 854. The van der Waals surface area contributed by atoms with Crippen LogP contribution in [-0.4, -0.2) is 41.6 Å². The van der Waals surface area contributed by atoms with Crippen molar-refractivity contribution in [1.82, 2.24) is 10.0 Å². The molecule has 0 aliphatic carbocycles. The van der Waals surface area contributed by atoms with Crippen molar-refractivity contribution in [1.29, 1.82) is 0 Å². The molecule has 0 saturated heterocycles. The van der Waals surface area contributed by atoms with E-state index >= 15 is 0 Å². The fourth-order valence-electron chi connectivity index (χ4n) is 2.45. The fraction of sp³-hybridized carbons (Fsp3) is 0.316. The lowest BCUT2D eigenvalue weighted by Gasteiger charge is -2.10. The Morgan fingerprint density at radius 2 is 1.67 bits per heavy atom. The maximum Gasteiger partial charge on any atom is 0.240 e. The first-order valence-corrected chi connectivity index (χ1v) is 9.97. The second kappa shape index (κ2) is 9.94. The van der Waals surface area contributed by atoms with Crippen LogP contribution in [0.3, 0.4) is 0 Å². The number of hydrogen-bond donors (Lipinski definition) is 2. The Hall–Kier alpha value is -2.58. The SMILES string of the molecule is COc1ccc(CCNC(=O)CCNS(=O)(=O)c2ccccc2)cc1OC. The van der Waals surface area contributed by atoms with Crippen LogP contribution in [0.4, 0.5) is 0 Å². The van der Waals surface area contributed by atoms with Gasteiger partial charge in [0.05, 0.1) is 19.1 Å². The standard InChI is InChI=1S/C19H24N2O5S/c1-25-17-9-8-15(14-18(17)26-2)10-12-20-19(22)11-13-21-27(23,24)16-6-4-3-5-7-16/h3-9,14,21H,10-13H2,1-2H3,(H,20,22). The number of carbonyl (C=O) groups is 1. The highest BCUT2D eigenvalue weighted by atomic mass is 32.2. The van der Waals surface area contributed by atoms with Crippen molar-refractivity contribution in [3.05, 3.63) is 54.1 Å². The highest BCUT2D eigenvalue weighted by Crippen LogP contribution is 2.27. The molecule has 2 rings (SSSR count). The summed E-state index contributed by atoms with van der Waals surface area (Å²) >= 11 is 0. The number of benzene rings is 2. The summed E-state index contributed by atoms with van der Waals surface area (Å²) in [7, 11) is -0.447. The van der Waals surface area contributed by atoms with Gasteiger partial charge in [0.1, 0.15) is 0 Å². The van der Waals surface area contributed by atoms with Crippen LogP contribution in [-0.2, 0) is 21.2 Å². The van der Waals surface area contributed by atoms with Gasteiger partial charge in [-0.3, -0.25) is 4.79 Å². The molecule has 0 heterocycles. The molecule has 0 aliphatic rings. The average Bonchev–Trinajstić information content (AvgIpc) is 2.68. The summed E-state index contributed by atoms with van der Waals surface area (Å²) in [5.41, 5.74) is 0.998. The molecule has 27 heavy (non-hydrogen) atoms. The molecule has 0 spiro atoms. The Morgan fingerprint density at radius 1 is 0.963 bits per heavy atom. The molecular formula is C19H24N2O5S. The van der Waals surface area contributed by atoms with Crippen molar-refractivity contribution in [2.45, 2.75) is 17.7 Å². The van der Waals surface area contributed by atoms with Crippen LogP contribution >= 0.6 is 0 Å². The van der Waals surface area contributed by atoms with Crippen molar-refractivity contribution < 1.29 is 22.7 Å². The maximum absolute atomic E-state index is 12.1. The summed E-state index contributed by atoms with van der Waals surface area (Å²) < 4.78 is 37.0. The van der Waals surface area contributed by atoms with E-state index in [0.717, 1.165) is 5.56 Å². The molecule has 2 aromatic rings. The fourth-order valence-corrected chi connectivity index (χ4v) is 3.51. The third-order valence-electron chi connectivity index (χ3n) is 3.88. The van der Waals surface area contributed by atoms with Gasteiger partial charge in [0, 0.05) is 19.5 Å². The highest BCUT2D eigenvalue weighted by molar-refractivity contribution is 7.89. The first-order chi connectivity index (χ1) is 13.0. The van der Waals surface area contributed by atoms with Gasteiger partial charge in [0.25, 0.3) is 0 Å². The first-order valence-electron chi connectivity index (χ1n) is 8.48. The summed E-state index contributed by atoms with van der Waals surface area (Å²) in [6, 6.07) is 13.6. The van der Waals surface area contributed by atoms with Gasteiger partial charge >= 0.3 is 0 Å². The molecule has 2 aromatic carbocycles. The molecule has 0 bridgehead atoms. The summed E-state index contributed by atoms with van der Waals surface area (Å²) in [5.74, 6) is 1.07. The lowest BCUT2D eigenvalue weighted by molar-refractivity contribution is -0.120. The number of amides is 1. The van der Waals surface area contributed by atoms with Gasteiger partial charge in [-0.2, -0.15) is 0 Å². The summed E-state index contributed by atoms with van der Waals surface area (Å²) in [5, 5.41) is 2.78. The van der Waals surface area contributed by atoms with Crippen LogP contribution in [0.25, 0.3) is 0 Å². The Balaban J connectivity index is 1.74. The highest BCUT2D eigenvalue weighted by Gasteiger charge is 2.13. The van der Waals surface area contributed by atoms with Crippen molar-refractivity contribution in [3.63, 3.8) is 0 Å². The second-order valence-corrected chi connectivity index (χ2v) is 7.52. The van der Waals surface area contributed by atoms with Crippen molar-refractivity contribution in [2.24, 2.45) is 0 Å². The largest absolute Gasteiger partial charge is 0.493 e. The minimum Gasteiger partial charge on any atom is -0.493 e. The van der Waals surface area contributed by atoms with Gasteiger partial charge in [-0.15, -0.1) is 0 Å². The van der Waals surface area contributed by atoms with Crippen LogP contribution in [0, 0.1) is 0 Å². The molecule has 0 aliphatic heterocycles. The van der Waals surface area contributed by atoms with Gasteiger partial charge in [0.15, 0.2) is 11.5 Å². The van der Waals surface area contributed by atoms with E-state index in [9.17, 15) is 13.2 Å². The normalized spacial score (nSPS) is 11.0. The molecular weight excluding hydrogens is 368 g/mol. The summed E-state index contributed by atoms with van der Waals surface area (Å²) in [6.07, 6.45) is 0.694. The van der Waals surface area contributed by atoms with Crippen LogP contribution < -0.4 is 19.5 Å². The Kier molecular flexibility index (Phi) is 7.63. The number of carbonyl (C=O) groups excluding carboxylic acids is 1. The van der Waals surface area contributed by atoms with E-state index in [1.54, 1.807) is 32.4 Å². The van der Waals surface area contributed by atoms with Crippen molar-refractivity contribution in [2.75, 3.05) is 27.3 Å². The zero-order chi connectivity index (χ0) is 19.7. The Labute approximate surface area is 159 Å². The van der Waals surface area contributed by atoms with E-state index in [4.69, 9.17) is 9.47 Å². The number of nitrogens with one attached hydrogen (secondary N) is 2. The summed E-state index contributed by atoms with van der Waals surface area (Å²) in [4.78, 5) is 12.1. The predicted octanol–water partition coefficient (Wildman–Crippen LogP) is 1.73. The smallest absolute Gasteiger partial charge is 0.240 e. The average molecular weight is 392 g/mol. The molecule has 0 aromatic heterocycles. The number of ether oxygens (including phenoxy) is 2. The van der Waals surface area contributed by atoms with E-state index < -0.39 is 10.0 Å². The topological polar surface area (TPSA) is 93.7 Å². The molecule has 8 heteroatoms. The number of methoxy groups -OCH3 is 2. The number of hydrogen-bond acceptors (Lipinski definition) is 5. The second-order valence-electron chi connectivity index (χ2n) is 5.75. The van der Waals surface area contributed by atoms with E-state index in [1.165, 1.54) is 12.1 Å². The molecule has 0 radical (unpaired) electrons. The van der Waals surface area contributed by atoms with Crippen LogP contribution in [0.1, 0.15) is 12.0 Å². The molecule has 0 atom stereocenters. The zero-order valence-corrected chi connectivity index (χ0v) is 16.2. The van der Waals surface area contributed by atoms with E-state index in [1.807, 2.05) is 18.2 Å². The van der Waals surface area contributed by atoms with E-state index in [-0.39, 0.29) is 23.8 Å². The molecule has 0 fully saturated rings. The third kappa shape index (κ3) is 6.26. The van der Waals surface area contributed by atoms with Gasteiger partial charge in [-0.05, 0) is 36.2 Å². The van der Waals surface area contributed by atoms with E-state index in [0.29, 0.717) is 24.5 Å². The molecule has 7 nitrogen and oxygen atoms in total. The first kappa shape index (κ1) is 20.7. The molecule has 0 unspecified atom stereocenters. The van der Waals surface area contributed by atoms with Gasteiger partial charge < -0.3 is 14.8 Å². The molecule has 1 amide bonds. The third-order valence-corrected chi connectivity index (χ3v) is 5.36. The van der Waals surface area contributed by atoms with Crippen molar-refractivity contribution >= 4 is 15.9 Å². The molecule has 2 N–H and O–H groups in total. The lowest BCUT2D eigenvalue weighted by atomic mass is 10.1. The number of rotatable bonds is 10. The van der Waals surface area contributed by atoms with Crippen LogP contribution in [0.15, 0.2) is 53.4 Å². The minimum atomic E-state index is -3.59. The summed E-state index contributed by atoms with van der Waals surface area (Å²) in [6.45, 7) is 0.485. The van der Waals surface area contributed by atoms with Gasteiger partial charge in [-0.25, -0.2) is 13.1 Å². The van der Waals surface area contributed by atoms with Crippen LogP contribution in [0.5, 0.6) is 11.5 Å². The Morgan fingerprint density at radius 3 is 2.33 bits per heavy atom. The van der Waals surface area contributed by atoms with Crippen LogP contribution in [0.2, 0.25) is 0 Å². The molecule has 146 valence electrons. The lowest BCUT2D eigenvalue weighted by Crippen LogP contribution is -2.31. The monoisotopic (exact) mass is 392 g/mol. The predicted molar refractivity (Wildman–Crippen MR) is 103 cm³/mol. The van der Waals surface area contributed by atoms with Gasteiger partial charge in [-0.1, -0.05) is 24.3 Å². The number of sulfonamides is 1. The zero-order valence-electron chi connectivity index (χ0n) is 15.4. The quantitative estimate of drug-likeness (QED) is 0.642. The van der Waals surface area contributed by atoms with Gasteiger partial charge in [0.2, 0.25) is 15.9 Å². The van der Waals surface area contributed by atoms with E-state index in [2.05, 4.69) is 10.0 Å². The van der Waals surface area contributed by atoms with Crippen molar-refractivity contribution in [3.8, 4) is 11.5 Å². The molecule has 0 saturated carbocycles.